The molecule has 190 valence electrons. The number of furan rings is 1. The maximum Gasteiger partial charge on any atom is 0.143 e. The maximum absolute atomic E-state index is 9.42. The smallest absolute Gasteiger partial charge is 0.143 e. The summed E-state index contributed by atoms with van der Waals surface area (Å²) in [7, 11) is 0. The lowest BCUT2D eigenvalue weighted by Gasteiger charge is -2.19. The minimum Gasteiger partial charge on any atom is -0.455 e. The summed E-state index contributed by atoms with van der Waals surface area (Å²) in [6.07, 6.45) is 0. The first kappa shape index (κ1) is 12.0. The fourth-order valence-corrected chi connectivity index (χ4v) is 5.88. The van der Waals surface area contributed by atoms with Gasteiger partial charge in [0.2, 0.25) is 0 Å². The van der Waals surface area contributed by atoms with Gasteiger partial charge in [-0.25, -0.2) is 0 Å². The molecule has 41 heavy (non-hydrogen) atoms. The van der Waals surface area contributed by atoms with Crippen LogP contribution in [0.1, 0.15) is 21.9 Å². The molecule has 1 heteroatoms. The highest BCUT2D eigenvalue weighted by atomic mass is 16.3. The molecular weight excluding hydrogens is 496 g/mol. The molecule has 0 fully saturated rings. The Labute approximate surface area is 259 Å². The van der Waals surface area contributed by atoms with Gasteiger partial charge in [-0.1, -0.05) is 133 Å². The van der Waals surface area contributed by atoms with E-state index in [-0.39, 0.29) is 54.6 Å². The molecule has 0 aliphatic heterocycles. The van der Waals surface area contributed by atoms with Crippen molar-refractivity contribution < 1.29 is 26.3 Å². The molecule has 0 aliphatic carbocycles. The third-order valence-electron chi connectivity index (χ3n) is 7.49. The van der Waals surface area contributed by atoms with Crippen LogP contribution in [0.3, 0.4) is 0 Å². The Morgan fingerprint density at radius 3 is 1.73 bits per heavy atom. The Hall–Kier alpha value is -5.40. The molecule has 1 nitrogen and oxygen atoms in total. The number of rotatable bonds is 2. The van der Waals surface area contributed by atoms with E-state index in [1.807, 2.05) is 0 Å². The van der Waals surface area contributed by atoms with Crippen LogP contribution in [0.15, 0.2) is 150 Å². The number of hydrogen-bond donors (Lipinski definition) is 0. The van der Waals surface area contributed by atoms with Crippen molar-refractivity contribution in [1.82, 2.24) is 0 Å². The first-order valence-electron chi connectivity index (χ1n) is 20.8. The van der Waals surface area contributed by atoms with E-state index >= 15 is 0 Å². The van der Waals surface area contributed by atoms with Crippen LogP contribution in [-0.2, 0) is 0 Å². The fraction of sp³-hybridized carbons (Fsp3) is 0. The molecule has 0 unspecified atom stereocenters. The van der Waals surface area contributed by atoms with Crippen molar-refractivity contribution in [3.8, 4) is 22.3 Å². The third-order valence-corrected chi connectivity index (χ3v) is 7.49. The third kappa shape index (κ3) is 3.18. The van der Waals surface area contributed by atoms with Crippen molar-refractivity contribution in [2.75, 3.05) is 0 Å². The Bertz CT molecular complexity index is 3280. The fourth-order valence-electron chi connectivity index (χ4n) is 5.88. The largest absolute Gasteiger partial charge is 0.455 e. The summed E-state index contributed by atoms with van der Waals surface area (Å²) < 4.78 is 147. The Kier molecular flexibility index (Phi) is 2.50. The van der Waals surface area contributed by atoms with Crippen LogP contribution in [0.4, 0.5) is 0 Å². The van der Waals surface area contributed by atoms with Crippen molar-refractivity contribution in [3.05, 3.63) is 145 Å². The molecule has 0 amide bonds. The topological polar surface area (TPSA) is 13.1 Å². The molecule has 1 aromatic heterocycles. The van der Waals surface area contributed by atoms with E-state index in [0.717, 1.165) is 0 Å². The summed E-state index contributed by atoms with van der Waals surface area (Å²) in [5, 5.41) is 0.650. The summed E-state index contributed by atoms with van der Waals surface area (Å²) in [5.41, 5.74) is 0.136. The first-order valence-corrected chi connectivity index (χ1v) is 12.8. The van der Waals surface area contributed by atoms with Crippen LogP contribution in [0.25, 0.3) is 87.3 Å². The van der Waals surface area contributed by atoms with Crippen molar-refractivity contribution in [2.24, 2.45) is 0 Å². The lowest BCUT2D eigenvalue weighted by molar-refractivity contribution is 0.673. The van der Waals surface area contributed by atoms with Crippen molar-refractivity contribution in [2.45, 2.75) is 0 Å². The molecule has 9 rings (SSSR count). The first-order chi connectivity index (χ1) is 27.0. The summed E-state index contributed by atoms with van der Waals surface area (Å²) >= 11 is 0. The quantitative estimate of drug-likeness (QED) is 0.200. The zero-order chi connectivity index (χ0) is 40.8. The van der Waals surface area contributed by atoms with E-state index in [9.17, 15) is 4.11 Å². The molecule has 0 saturated carbocycles. The summed E-state index contributed by atoms with van der Waals surface area (Å²) in [6, 6.07) is 4.89. The summed E-state index contributed by atoms with van der Waals surface area (Å²) in [5.74, 6) is 0. The zero-order valence-corrected chi connectivity index (χ0v) is 21.0. The predicted molar refractivity (Wildman–Crippen MR) is 175 cm³/mol. The molecule has 0 bridgehead atoms. The van der Waals surface area contributed by atoms with Crippen molar-refractivity contribution >= 4 is 65.0 Å². The molecule has 9 aromatic rings. The van der Waals surface area contributed by atoms with Crippen LogP contribution in [0.5, 0.6) is 0 Å². The normalized spacial score (nSPS) is 17.4. The second kappa shape index (κ2) is 8.55. The standard InChI is InChI=1S/C40H24O/c1-2-13-26(14-3-1)36-30-18-8-10-20-32(30)37(33-21-11-9-19-31(33)36)39-28-16-6-5-15-27(28)24-35-38(39)34-23-22-25-12-4-7-17-29(25)40(34)41-35/h1-24H/i1D,2D,3D,4D,5D,6D,7D,12D,13D,14D,15D,16D,17D,22D,23D,24D. The number of fused-ring (bicyclic) bond motifs is 8. The van der Waals surface area contributed by atoms with Crippen LogP contribution in [0, 0.1) is 0 Å². The van der Waals surface area contributed by atoms with E-state index < -0.39 is 96.7 Å². The average molecular weight is 537 g/mol. The minimum atomic E-state index is -0.623. The van der Waals surface area contributed by atoms with Gasteiger partial charge < -0.3 is 4.42 Å². The average Bonchev–Trinajstić information content (AvgIpc) is 3.61. The molecule has 0 aliphatic rings. The van der Waals surface area contributed by atoms with E-state index in [4.69, 9.17) is 22.2 Å². The summed E-state index contributed by atoms with van der Waals surface area (Å²) in [6.45, 7) is 0. The van der Waals surface area contributed by atoms with Crippen LogP contribution in [0.2, 0.25) is 0 Å². The van der Waals surface area contributed by atoms with Gasteiger partial charge in [0.15, 0.2) is 0 Å². The van der Waals surface area contributed by atoms with E-state index in [2.05, 4.69) is 0 Å². The van der Waals surface area contributed by atoms with Gasteiger partial charge in [0, 0.05) is 21.7 Å². The second-order valence-corrected chi connectivity index (χ2v) is 9.60. The van der Waals surface area contributed by atoms with Crippen LogP contribution < -0.4 is 0 Å². The lowest BCUT2D eigenvalue weighted by atomic mass is 9.83. The SMILES string of the molecule is [2H]c1c([2H])c([2H])c(-c2c3ccccc3c(-c3c4c([2H])c([2H])c([2H])c([2H])c4c([2H])c4oc5c6c([2H])c([2H])c([2H])c([2H])c6c([2H])c([2H])c5c34)c3ccccc23)c([2H])c1[2H]. The van der Waals surface area contributed by atoms with E-state index in [1.54, 1.807) is 48.5 Å². The van der Waals surface area contributed by atoms with E-state index in [0.29, 0.717) is 32.7 Å². The van der Waals surface area contributed by atoms with Gasteiger partial charge in [0.05, 0.1) is 21.9 Å². The van der Waals surface area contributed by atoms with E-state index in [1.165, 1.54) is 0 Å². The van der Waals surface area contributed by atoms with Crippen LogP contribution >= 0.6 is 0 Å². The van der Waals surface area contributed by atoms with Gasteiger partial charge in [-0.15, -0.1) is 0 Å². The monoisotopic (exact) mass is 536 g/mol. The Morgan fingerprint density at radius 2 is 1.02 bits per heavy atom. The van der Waals surface area contributed by atoms with Crippen LogP contribution in [-0.4, -0.2) is 0 Å². The molecule has 0 radical (unpaired) electrons. The second-order valence-electron chi connectivity index (χ2n) is 9.60. The van der Waals surface area contributed by atoms with Gasteiger partial charge in [0.25, 0.3) is 0 Å². The number of benzene rings is 8. The summed E-state index contributed by atoms with van der Waals surface area (Å²) in [4.78, 5) is 0. The highest BCUT2D eigenvalue weighted by Gasteiger charge is 2.23. The van der Waals surface area contributed by atoms with Gasteiger partial charge in [-0.05, 0) is 66.5 Å². The minimum absolute atomic E-state index is 0.00814. The van der Waals surface area contributed by atoms with Gasteiger partial charge >= 0.3 is 0 Å². The molecule has 0 saturated heterocycles. The highest BCUT2D eigenvalue weighted by Crippen LogP contribution is 2.49. The van der Waals surface area contributed by atoms with Gasteiger partial charge in [-0.2, -0.15) is 0 Å². The van der Waals surface area contributed by atoms with Crippen molar-refractivity contribution in [1.29, 1.82) is 0 Å². The molecule has 1 heterocycles. The molecular formula is C40H24O. The van der Waals surface area contributed by atoms with Crippen molar-refractivity contribution in [3.63, 3.8) is 0 Å². The van der Waals surface area contributed by atoms with Gasteiger partial charge in [0.1, 0.15) is 11.2 Å². The molecule has 8 aromatic carbocycles. The predicted octanol–water partition coefficient (Wildman–Crippen LogP) is 11.5. The molecule has 0 N–H and O–H groups in total. The molecule has 0 atom stereocenters. The molecule has 0 spiro atoms. The zero-order valence-electron chi connectivity index (χ0n) is 37.0. The number of hydrogen-bond acceptors (Lipinski definition) is 1. The Morgan fingerprint density at radius 1 is 0.439 bits per heavy atom. The lowest BCUT2D eigenvalue weighted by Crippen LogP contribution is -1.92. The van der Waals surface area contributed by atoms with Gasteiger partial charge in [-0.3, -0.25) is 0 Å². The maximum atomic E-state index is 9.42. The Balaban J connectivity index is 1.64. The highest BCUT2D eigenvalue weighted by molar-refractivity contribution is 6.31.